The van der Waals surface area contributed by atoms with Gasteiger partial charge in [-0.25, -0.2) is 4.79 Å². The normalized spacial score (nSPS) is 19.4. The number of carboxylic acids is 1. The zero-order chi connectivity index (χ0) is 13.8. The van der Waals surface area contributed by atoms with Crippen LogP contribution in [0.25, 0.3) is 0 Å². The van der Waals surface area contributed by atoms with Crippen LogP contribution in [0.3, 0.4) is 0 Å². The predicted octanol–water partition coefficient (Wildman–Crippen LogP) is 1.97. The molecule has 0 amide bonds. The molecule has 0 aliphatic carbocycles. The maximum Gasteiger partial charge on any atom is 0.337 e. The molecule has 1 aromatic carbocycles. The van der Waals surface area contributed by atoms with Gasteiger partial charge < -0.3 is 20.5 Å². The van der Waals surface area contributed by atoms with E-state index in [1.54, 1.807) is 18.2 Å². The Kier molecular flexibility index (Phi) is 4.27. The van der Waals surface area contributed by atoms with Gasteiger partial charge in [0.2, 0.25) is 0 Å². The van der Waals surface area contributed by atoms with Gasteiger partial charge in [-0.3, -0.25) is 0 Å². The molecule has 1 aromatic rings. The average molecular weight is 264 g/mol. The number of hydrogen-bond acceptors (Lipinski definition) is 4. The van der Waals surface area contributed by atoms with E-state index < -0.39 is 5.97 Å². The average Bonchev–Trinajstić information content (AvgIpc) is 2.39. The van der Waals surface area contributed by atoms with Crippen LogP contribution in [0.1, 0.15) is 30.1 Å². The smallest absolute Gasteiger partial charge is 0.337 e. The third-order valence-corrected chi connectivity index (χ3v) is 3.39. The molecule has 2 rings (SSSR count). The molecular weight excluding hydrogens is 244 g/mol. The summed E-state index contributed by atoms with van der Waals surface area (Å²) in [7, 11) is 0. The van der Waals surface area contributed by atoms with Gasteiger partial charge in [-0.15, -0.1) is 0 Å². The first-order valence-corrected chi connectivity index (χ1v) is 6.61. The van der Waals surface area contributed by atoms with Gasteiger partial charge in [0.15, 0.2) is 0 Å². The molecule has 1 heterocycles. The quantitative estimate of drug-likeness (QED) is 0.813. The number of anilines is 2. The van der Waals surface area contributed by atoms with Crippen LogP contribution in [-0.4, -0.2) is 36.9 Å². The standard InChI is InChI=1S/C14H20N2O3/c1-2-19-10-5-4-8-16(9-10)13-11(14(17)18)6-3-7-12(13)15/h3,6-7,10H,2,4-5,8-9,15H2,1H3,(H,17,18). The van der Waals surface area contributed by atoms with E-state index in [-0.39, 0.29) is 11.7 Å². The summed E-state index contributed by atoms with van der Waals surface area (Å²) in [5.41, 5.74) is 7.36. The van der Waals surface area contributed by atoms with Crippen LogP contribution >= 0.6 is 0 Å². The molecule has 1 unspecified atom stereocenters. The molecule has 3 N–H and O–H groups in total. The van der Waals surface area contributed by atoms with E-state index in [9.17, 15) is 9.90 Å². The molecule has 104 valence electrons. The van der Waals surface area contributed by atoms with Gasteiger partial charge in [-0.1, -0.05) is 6.07 Å². The minimum absolute atomic E-state index is 0.153. The number of carbonyl (C=O) groups is 1. The van der Waals surface area contributed by atoms with Crippen molar-refractivity contribution in [2.45, 2.75) is 25.9 Å². The number of benzene rings is 1. The largest absolute Gasteiger partial charge is 0.478 e. The number of nitrogen functional groups attached to an aromatic ring is 1. The van der Waals surface area contributed by atoms with Crippen LogP contribution in [0.15, 0.2) is 18.2 Å². The Balaban J connectivity index is 2.28. The van der Waals surface area contributed by atoms with Crippen LogP contribution < -0.4 is 10.6 Å². The van der Waals surface area contributed by atoms with E-state index in [0.717, 1.165) is 19.4 Å². The highest BCUT2D eigenvalue weighted by molar-refractivity contribution is 5.98. The number of hydrogen-bond donors (Lipinski definition) is 2. The van der Waals surface area contributed by atoms with E-state index in [2.05, 4.69) is 0 Å². The number of piperidine rings is 1. The lowest BCUT2D eigenvalue weighted by Crippen LogP contribution is -2.40. The van der Waals surface area contributed by atoms with Gasteiger partial charge >= 0.3 is 5.97 Å². The van der Waals surface area contributed by atoms with Crippen molar-refractivity contribution >= 4 is 17.3 Å². The lowest BCUT2D eigenvalue weighted by molar-refractivity contribution is 0.0524. The second kappa shape index (κ2) is 5.93. The second-order valence-electron chi connectivity index (χ2n) is 4.71. The number of carboxylic acid groups (broad SMARTS) is 1. The molecule has 0 radical (unpaired) electrons. The van der Waals surface area contributed by atoms with Crippen molar-refractivity contribution in [1.82, 2.24) is 0 Å². The number of rotatable bonds is 4. The maximum absolute atomic E-state index is 11.3. The van der Waals surface area contributed by atoms with Crippen molar-refractivity contribution in [3.63, 3.8) is 0 Å². The summed E-state index contributed by atoms with van der Waals surface area (Å²) < 4.78 is 5.64. The molecule has 0 spiro atoms. The third-order valence-electron chi connectivity index (χ3n) is 3.39. The maximum atomic E-state index is 11.3. The van der Waals surface area contributed by atoms with Gasteiger partial charge in [0.1, 0.15) is 0 Å². The molecule has 0 bridgehead atoms. The Labute approximate surface area is 113 Å². The van der Waals surface area contributed by atoms with Crippen LogP contribution in [-0.2, 0) is 4.74 Å². The predicted molar refractivity (Wildman–Crippen MR) is 74.7 cm³/mol. The monoisotopic (exact) mass is 264 g/mol. The molecule has 19 heavy (non-hydrogen) atoms. The fraction of sp³-hybridized carbons (Fsp3) is 0.500. The molecule has 1 saturated heterocycles. The van der Waals surface area contributed by atoms with Crippen molar-refractivity contribution < 1.29 is 14.6 Å². The highest BCUT2D eigenvalue weighted by Gasteiger charge is 2.25. The van der Waals surface area contributed by atoms with Gasteiger partial charge in [-0.2, -0.15) is 0 Å². The van der Waals surface area contributed by atoms with E-state index >= 15 is 0 Å². The van der Waals surface area contributed by atoms with Gasteiger partial charge in [0, 0.05) is 19.7 Å². The Hall–Kier alpha value is -1.75. The molecule has 1 aliphatic rings. The molecule has 1 atom stereocenters. The minimum Gasteiger partial charge on any atom is -0.478 e. The Morgan fingerprint density at radius 1 is 1.58 bits per heavy atom. The molecule has 5 nitrogen and oxygen atoms in total. The highest BCUT2D eigenvalue weighted by Crippen LogP contribution is 2.30. The second-order valence-corrected chi connectivity index (χ2v) is 4.71. The van der Waals surface area contributed by atoms with Crippen molar-refractivity contribution in [2.24, 2.45) is 0 Å². The van der Waals surface area contributed by atoms with Gasteiger partial charge in [0.05, 0.1) is 23.0 Å². The number of aromatic carboxylic acids is 1. The molecule has 1 aliphatic heterocycles. The number of ether oxygens (including phenoxy) is 1. The number of nitrogens with zero attached hydrogens (tertiary/aromatic N) is 1. The Bertz CT molecular complexity index is 460. The topological polar surface area (TPSA) is 75.8 Å². The van der Waals surface area contributed by atoms with Gasteiger partial charge in [-0.05, 0) is 31.9 Å². The molecule has 5 heteroatoms. The summed E-state index contributed by atoms with van der Waals surface area (Å²) >= 11 is 0. The van der Waals surface area contributed by atoms with Crippen LogP contribution in [0.5, 0.6) is 0 Å². The van der Waals surface area contributed by atoms with Crippen molar-refractivity contribution in [2.75, 3.05) is 30.3 Å². The zero-order valence-corrected chi connectivity index (χ0v) is 11.1. The first-order chi connectivity index (χ1) is 9.13. The zero-order valence-electron chi connectivity index (χ0n) is 11.1. The fourth-order valence-electron chi connectivity index (χ4n) is 2.60. The highest BCUT2D eigenvalue weighted by atomic mass is 16.5. The summed E-state index contributed by atoms with van der Waals surface area (Å²) in [4.78, 5) is 13.3. The van der Waals surface area contributed by atoms with Crippen molar-refractivity contribution in [3.8, 4) is 0 Å². The summed E-state index contributed by atoms with van der Waals surface area (Å²) in [5, 5.41) is 9.28. The summed E-state index contributed by atoms with van der Waals surface area (Å²) in [5.74, 6) is -0.944. The Morgan fingerprint density at radius 3 is 3.05 bits per heavy atom. The lowest BCUT2D eigenvalue weighted by Gasteiger charge is -2.35. The summed E-state index contributed by atoms with van der Waals surface area (Å²) in [6, 6.07) is 5.01. The van der Waals surface area contributed by atoms with Crippen LogP contribution in [0.4, 0.5) is 11.4 Å². The van der Waals surface area contributed by atoms with Gasteiger partial charge in [0.25, 0.3) is 0 Å². The van der Waals surface area contributed by atoms with E-state index in [0.29, 0.717) is 24.5 Å². The van der Waals surface area contributed by atoms with Crippen molar-refractivity contribution in [1.29, 1.82) is 0 Å². The molecule has 0 aromatic heterocycles. The van der Waals surface area contributed by atoms with Crippen molar-refractivity contribution in [3.05, 3.63) is 23.8 Å². The lowest BCUT2D eigenvalue weighted by atomic mass is 10.0. The Morgan fingerprint density at radius 2 is 2.37 bits per heavy atom. The van der Waals surface area contributed by atoms with Crippen LogP contribution in [0.2, 0.25) is 0 Å². The molecule has 1 fully saturated rings. The third kappa shape index (κ3) is 2.98. The van der Waals surface area contributed by atoms with E-state index in [1.807, 2.05) is 11.8 Å². The first-order valence-electron chi connectivity index (χ1n) is 6.61. The molecule has 0 saturated carbocycles. The van der Waals surface area contributed by atoms with E-state index in [4.69, 9.17) is 10.5 Å². The summed E-state index contributed by atoms with van der Waals surface area (Å²) in [6.45, 7) is 4.16. The fourth-order valence-corrected chi connectivity index (χ4v) is 2.60. The SMILES string of the molecule is CCOC1CCCN(c2c(N)cccc2C(=O)O)C1. The first kappa shape index (κ1) is 13.7. The van der Waals surface area contributed by atoms with E-state index in [1.165, 1.54) is 0 Å². The molecular formula is C14H20N2O3. The minimum atomic E-state index is -0.944. The summed E-state index contributed by atoms with van der Waals surface area (Å²) in [6.07, 6.45) is 2.15. The number of para-hydroxylation sites is 1. The van der Waals surface area contributed by atoms with Crippen LogP contribution in [0, 0.1) is 0 Å². The number of nitrogens with two attached hydrogens (primary N) is 1.